The van der Waals surface area contributed by atoms with Crippen LogP contribution in [0, 0.1) is 27.7 Å². The number of aromatic carboxylic acids is 1. The van der Waals surface area contributed by atoms with Gasteiger partial charge in [0.25, 0.3) is 0 Å². The maximum absolute atomic E-state index is 12.4. The number of carboxylic acid groups (broad SMARTS) is 1. The van der Waals surface area contributed by atoms with E-state index in [1.807, 2.05) is 84.0 Å². The molecule has 0 radical (unpaired) electrons. The van der Waals surface area contributed by atoms with Crippen molar-refractivity contribution in [2.45, 2.75) is 59.5 Å². The average molecular weight is 477 g/mol. The van der Waals surface area contributed by atoms with E-state index in [2.05, 4.69) is 10.3 Å². The minimum atomic E-state index is -1.13. The first-order valence-corrected chi connectivity index (χ1v) is 11.7. The van der Waals surface area contributed by atoms with E-state index in [1.54, 1.807) is 6.07 Å². The first kappa shape index (κ1) is 24.7. The standard InChI is InChI=1S/C28H32N2O5/c1-16-12-17(2)24(18(3)13-16)34-26-23(27(31)32)21(14-19(4)29-26)30-22-15-33-28(5,6)35-25(22)20-10-8-7-9-11-20/h7-14,22,25H,15H2,1-6H3,(H,29,30)(H,31,32). The number of carbonyl (C=O) groups is 1. The van der Waals surface area contributed by atoms with Crippen LogP contribution >= 0.6 is 0 Å². The average Bonchev–Trinajstić information content (AvgIpc) is 2.77. The molecule has 1 saturated heterocycles. The van der Waals surface area contributed by atoms with Gasteiger partial charge in [-0.25, -0.2) is 9.78 Å². The molecule has 2 N–H and O–H groups in total. The zero-order chi connectivity index (χ0) is 25.3. The van der Waals surface area contributed by atoms with Gasteiger partial charge in [0, 0.05) is 5.69 Å². The van der Waals surface area contributed by atoms with Crippen LogP contribution in [0.2, 0.25) is 0 Å². The highest BCUT2D eigenvalue weighted by Gasteiger charge is 2.38. The number of aromatic nitrogens is 1. The Morgan fingerprint density at radius 1 is 1.09 bits per heavy atom. The summed E-state index contributed by atoms with van der Waals surface area (Å²) in [5.74, 6) is -1.25. The van der Waals surface area contributed by atoms with Gasteiger partial charge in [-0.15, -0.1) is 0 Å². The molecule has 0 amide bonds. The molecule has 35 heavy (non-hydrogen) atoms. The summed E-state index contributed by atoms with van der Waals surface area (Å²) < 4.78 is 18.3. The maximum atomic E-state index is 12.4. The van der Waals surface area contributed by atoms with Gasteiger partial charge in [0.2, 0.25) is 5.88 Å². The molecule has 2 atom stereocenters. The van der Waals surface area contributed by atoms with E-state index >= 15 is 0 Å². The molecular formula is C28H32N2O5. The Balaban J connectivity index is 1.73. The highest BCUT2D eigenvalue weighted by Crippen LogP contribution is 2.38. The first-order chi connectivity index (χ1) is 16.5. The van der Waals surface area contributed by atoms with Crippen molar-refractivity contribution in [1.82, 2.24) is 4.98 Å². The Labute approximate surface area is 206 Å². The lowest BCUT2D eigenvalue weighted by atomic mass is 10.00. The van der Waals surface area contributed by atoms with Crippen molar-refractivity contribution in [2.75, 3.05) is 11.9 Å². The molecular weight excluding hydrogens is 444 g/mol. The molecule has 7 nitrogen and oxygen atoms in total. The number of nitrogens with zero attached hydrogens (tertiary/aromatic N) is 1. The molecule has 0 aliphatic carbocycles. The van der Waals surface area contributed by atoms with Crippen molar-refractivity contribution in [2.24, 2.45) is 0 Å². The summed E-state index contributed by atoms with van der Waals surface area (Å²) in [6, 6.07) is 15.2. The quantitative estimate of drug-likeness (QED) is 0.443. The highest BCUT2D eigenvalue weighted by molar-refractivity contribution is 5.97. The minimum Gasteiger partial charge on any atom is -0.477 e. The number of hydrogen-bond acceptors (Lipinski definition) is 6. The van der Waals surface area contributed by atoms with Crippen molar-refractivity contribution < 1.29 is 24.1 Å². The molecule has 0 saturated carbocycles. The van der Waals surface area contributed by atoms with E-state index in [0.717, 1.165) is 22.3 Å². The molecule has 1 fully saturated rings. The minimum absolute atomic E-state index is 0.0355. The number of aryl methyl sites for hydroxylation is 4. The van der Waals surface area contributed by atoms with Crippen LogP contribution in [0.5, 0.6) is 11.6 Å². The Morgan fingerprint density at radius 2 is 1.74 bits per heavy atom. The van der Waals surface area contributed by atoms with E-state index in [9.17, 15) is 9.90 Å². The summed E-state index contributed by atoms with van der Waals surface area (Å²) in [4.78, 5) is 16.9. The fourth-order valence-electron chi connectivity index (χ4n) is 4.52. The van der Waals surface area contributed by atoms with Gasteiger partial charge < -0.3 is 24.6 Å². The number of pyridine rings is 1. The topological polar surface area (TPSA) is 89.9 Å². The van der Waals surface area contributed by atoms with Gasteiger partial charge >= 0.3 is 5.97 Å². The van der Waals surface area contributed by atoms with Crippen LogP contribution in [0.15, 0.2) is 48.5 Å². The summed E-state index contributed by atoms with van der Waals surface area (Å²) >= 11 is 0. The van der Waals surface area contributed by atoms with Gasteiger partial charge in [0.15, 0.2) is 5.79 Å². The fraction of sp³-hybridized carbons (Fsp3) is 0.357. The van der Waals surface area contributed by atoms with Crippen LogP contribution in [0.3, 0.4) is 0 Å². The number of benzene rings is 2. The fourth-order valence-corrected chi connectivity index (χ4v) is 4.52. The van der Waals surface area contributed by atoms with E-state index in [-0.39, 0.29) is 23.6 Å². The lowest BCUT2D eigenvalue weighted by Crippen LogP contribution is -2.47. The van der Waals surface area contributed by atoms with Crippen molar-refractivity contribution in [3.63, 3.8) is 0 Å². The van der Waals surface area contributed by atoms with Crippen molar-refractivity contribution in [3.05, 3.63) is 82.0 Å². The number of anilines is 1. The van der Waals surface area contributed by atoms with Crippen molar-refractivity contribution in [3.8, 4) is 11.6 Å². The van der Waals surface area contributed by atoms with Crippen LogP contribution in [-0.2, 0) is 9.47 Å². The Hall–Kier alpha value is -3.42. The summed E-state index contributed by atoms with van der Waals surface area (Å²) in [6.07, 6.45) is -0.346. The largest absolute Gasteiger partial charge is 0.477 e. The van der Waals surface area contributed by atoms with Crippen LogP contribution in [-0.4, -0.2) is 34.5 Å². The lowest BCUT2D eigenvalue weighted by Gasteiger charge is -2.42. The van der Waals surface area contributed by atoms with Gasteiger partial charge in [-0.1, -0.05) is 48.0 Å². The van der Waals surface area contributed by atoms with Crippen LogP contribution in [0.1, 0.15) is 58.3 Å². The van der Waals surface area contributed by atoms with E-state index in [0.29, 0.717) is 23.7 Å². The molecule has 0 spiro atoms. The summed E-state index contributed by atoms with van der Waals surface area (Å²) in [7, 11) is 0. The molecule has 7 heteroatoms. The second-order valence-corrected chi connectivity index (χ2v) is 9.54. The second kappa shape index (κ2) is 9.68. The van der Waals surface area contributed by atoms with Gasteiger partial charge in [-0.05, 0) is 64.3 Å². The zero-order valence-corrected chi connectivity index (χ0v) is 21.0. The van der Waals surface area contributed by atoms with Gasteiger partial charge in [-0.2, -0.15) is 0 Å². The molecule has 0 bridgehead atoms. The van der Waals surface area contributed by atoms with Crippen LogP contribution in [0.4, 0.5) is 5.69 Å². The number of rotatable bonds is 6. The van der Waals surface area contributed by atoms with Crippen molar-refractivity contribution in [1.29, 1.82) is 0 Å². The molecule has 184 valence electrons. The molecule has 3 aromatic rings. The highest BCUT2D eigenvalue weighted by atomic mass is 16.7. The third-order valence-electron chi connectivity index (χ3n) is 5.99. The number of carboxylic acids is 1. The summed E-state index contributed by atoms with van der Waals surface area (Å²) in [5, 5.41) is 13.5. The van der Waals surface area contributed by atoms with E-state index < -0.39 is 11.8 Å². The number of hydrogen-bond donors (Lipinski definition) is 2. The summed E-state index contributed by atoms with van der Waals surface area (Å²) in [6.45, 7) is 11.8. The molecule has 2 unspecified atom stereocenters. The SMILES string of the molecule is Cc1cc(C)c(Oc2nc(C)cc(NC3COC(C)(C)OC3c3ccccc3)c2C(=O)O)c(C)c1. The monoisotopic (exact) mass is 476 g/mol. The molecule has 1 aliphatic rings. The lowest BCUT2D eigenvalue weighted by molar-refractivity contribution is -0.279. The maximum Gasteiger partial charge on any atom is 0.343 e. The van der Waals surface area contributed by atoms with Gasteiger partial charge in [0.05, 0.1) is 18.3 Å². The van der Waals surface area contributed by atoms with E-state index in [1.165, 1.54) is 0 Å². The molecule has 1 aliphatic heterocycles. The van der Waals surface area contributed by atoms with Gasteiger partial charge in [0.1, 0.15) is 17.4 Å². The first-order valence-electron chi connectivity index (χ1n) is 11.7. The smallest absolute Gasteiger partial charge is 0.343 e. The third kappa shape index (κ3) is 5.47. The van der Waals surface area contributed by atoms with Gasteiger partial charge in [-0.3, -0.25) is 0 Å². The zero-order valence-electron chi connectivity index (χ0n) is 21.0. The molecule has 2 heterocycles. The predicted molar refractivity (Wildman–Crippen MR) is 134 cm³/mol. The third-order valence-corrected chi connectivity index (χ3v) is 5.99. The van der Waals surface area contributed by atoms with Crippen LogP contribution < -0.4 is 10.1 Å². The molecule has 4 rings (SSSR count). The predicted octanol–water partition coefficient (Wildman–Crippen LogP) is 6.11. The van der Waals surface area contributed by atoms with Crippen molar-refractivity contribution >= 4 is 11.7 Å². The second-order valence-electron chi connectivity index (χ2n) is 9.54. The normalized spacial score (nSPS) is 19.3. The Bertz CT molecular complexity index is 1220. The molecule has 2 aromatic carbocycles. The molecule has 1 aromatic heterocycles. The number of nitrogens with one attached hydrogen (secondary N) is 1. The van der Waals surface area contributed by atoms with Crippen LogP contribution in [0.25, 0.3) is 0 Å². The Morgan fingerprint density at radius 3 is 2.37 bits per heavy atom. The Kier molecular flexibility index (Phi) is 6.83. The summed E-state index contributed by atoms with van der Waals surface area (Å²) in [5.41, 5.74) is 4.91. The number of ether oxygens (including phenoxy) is 3. The van der Waals surface area contributed by atoms with E-state index in [4.69, 9.17) is 14.2 Å².